The molecule has 286 valence electrons. The first-order chi connectivity index (χ1) is 29.1. The van der Waals surface area contributed by atoms with E-state index >= 15 is 0 Å². The van der Waals surface area contributed by atoms with Crippen LogP contribution in [0.5, 0.6) is 0 Å². The molecule has 0 bridgehead atoms. The molecule has 10 rings (SSSR count). The normalized spacial score (nSPS) is 14.1. The second kappa shape index (κ2) is 15.8. The van der Waals surface area contributed by atoms with Crippen LogP contribution in [0.2, 0.25) is 0 Å². The number of nitrogens with zero attached hydrogens (tertiary/aromatic N) is 5. The molecule has 0 spiro atoms. The first kappa shape index (κ1) is 37.1. The highest BCUT2D eigenvalue weighted by Gasteiger charge is 2.28. The van der Waals surface area contributed by atoms with Gasteiger partial charge in [-0.15, -0.1) is 0 Å². The number of aliphatic hydroxyl groups is 1. The molecule has 1 aliphatic heterocycles. The molecular weight excluding hydrogens is 723 g/mol. The summed E-state index contributed by atoms with van der Waals surface area (Å²) in [6.07, 6.45) is 5.44. The lowest BCUT2D eigenvalue weighted by Crippen LogP contribution is -2.35. The Balaban J connectivity index is 0.00000221. The lowest BCUT2D eigenvalue weighted by atomic mass is 10.0. The van der Waals surface area contributed by atoms with Gasteiger partial charge in [-0.1, -0.05) is 159 Å². The van der Waals surface area contributed by atoms with Gasteiger partial charge in [0, 0.05) is 58.2 Å². The molecule has 59 heavy (non-hydrogen) atoms. The summed E-state index contributed by atoms with van der Waals surface area (Å²) in [6.45, 7) is 8.46. The van der Waals surface area contributed by atoms with Crippen LogP contribution in [0.15, 0.2) is 211 Å². The summed E-state index contributed by atoms with van der Waals surface area (Å²) in [5.74, 6) is 1.52. The van der Waals surface area contributed by atoms with Gasteiger partial charge in [0.25, 0.3) is 0 Å². The average molecular weight is 766 g/mol. The van der Waals surface area contributed by atoms with E-state index in [9.17, 15) is 0 Å². The zero-order valence-corrected chi connectivity index (χ0v) is 33.1. The van der Waals surface area contributed by atoms with Crippen LogP contribution in [0.25, 0.3) is 60.6 Å². The van der Waals surface area contributed by atoms with Crippen LogP contribution in [0.1, 0.15) is 28.4 Å². The van der Waals surface area contributed by atoms with Gasteiger partial charge < -0.3 is 19.1 Å². The molecule has 1 atom stereocenters. The molecule has 0 saturated heterocycles. The summed E-state index contributed by atoms with van der Waals surface area (Å²) in [5.41, 5.74) is 11.5. The molecule has 6 nitrogen and oxygen atoms in total. The van der Waals surface area contributed by atoms with Crippen LogP contribution in [0.3, 0.4) is 0 Å². The van der Waals surface area contributed by atoms with Crippen LogP contribution >= 0.6 is 0 Å². The third kappa shape index (κ3) is 6.46. The Morgan fingerprint density at radius 1 is 0.593 bits per heavy atom. The van der Waals surface area contributed by atoms with E-state index in [4.69, 9.17) is 15.1 Å². The van der Waals surface area contributed by atoms with Gasteiger partial charge in [0.1, 0.15) is 12.0 Å². The summed E-state index contributed by atoms with van der Waals surface area (Å²) in [5, 5.41) is 11.8. The Hall–Kier alpha value is -7.54. The van der Waals surface area contributed by atoms with Crippen LogP contribution in [0.4, 0.5) is 0 Å². The molecule has 2 aromatic heterocycles. The number of rotatable bonds is 8. The Morgan fingerprint density at radius 3 is 1.75 bits per heavy atom. The number of allylic oxidation sites excluding steroid dienone is 4. The van der Waals surface area contributed by atoms with Gasteiger partial charge in [-0.25, -0.2) is 9.98 Å². The standard InChI is InChI=1S/C52H39N5.CH4O/c1-4-5-19-35(2)38-32-39(50-53-51(36-20-9-6-10-21-36)55(3)52(54-50)37-22-11-7-12-23-37)34-41(33-38)57-47-29-18-16-27-43(47)45-31-30-44-42-26-15-17-28-46(42)56(48(44)49(45)57)40-24-13-8-14-25-40;1-2/h4-34,51H,1-2H2,3H3;2H,1H3/b19-5-;. The highest BCUT2D eigenvalue weighted by atomic mass is 16.2. The molecule has 0 aliphatic carbocycles. The van der Waals surface area contributed by atoms with Crippen LogP contribution < -0.4 is 0 Å². The van der Waals surface area contributed by atoms with Gasteiger partial charge >= 0.3 is 0 Å². The number of aliphatic imine (C=N–C) groups is 2. The number of aromatic nitrogens is 2. The van der Waals surface area contributed by atoms with E-state index in [2.05, 4.69) is 192 Å². The van der Waals surface area contributed by atoms with Crippen LogP contribution in [-0.4, -0.2) is 45.0 Å². The van der Waals surface area contributed by atoms with Gasteiger partial charge in [0.2, 0.25) is 0 Å². The Kier molecular flexibility index (Phi) is 9.91. The molecule has 3 heterocycles. The van der Waals surface area contributed by atoms with Crippen molar-refractivity contribution >= 4 is 60.9 Å². The summed E-state index contributed by atoms with van der Waals surface area (Å²) < 4.78 is 4.84. The first-order valence-electron chi connectivity index (χ1n) is 19.7. The van der Waals surface area contributed by atoms with Crippen molar-refractivity contribution in [2.75, 3.05) is 14.2 Å². The van der Waals surface area contributed by atoms with Crippen molar-refractivity contribution in [1.29, 1.82) is 0 Å². The fourth-order valence-corrected chi connectivity index (χ4v) is 8.39. The highest BCUT2D eigenvalue weighted by Crippen LogP contribution is 2.42. The highest BCUT2D eigenvalue weighted by molar-refractivity contribution is 6.24. The minimum Gasteiger partial charge on any atom is -0.400 e. The second-order valence-electron chi connectivity index (χ2n) is 14.4. The SMILES string of the molecule is C=C/C=C\C(=C)c1cc(C2=NC(c3ccccc3)N(C)C(c3ccccc3)=N2)cc(-n2c3ccccc3c3ccc4c5ccccc5n(-c5ccccc5)c4c32)c1.CO. The quantitative estimate of drug-likeness (QED) is 0.157. The number of amidine groups is 2. The van der Waals surface area contributed by atoms with E-state index in [-0.39, 0.29) is 6.17 Å². The fourth-order valence-electron chi connectivity index (χ4n) is 8.39. The lowest BCUT2D eigenvalue weighted by molar-refractivity contribution is 0.383. The minimum absolute atomic E-state index is 0.278. The number of hydrogen-bond donors (Lipinski definition) is 1. The maximum atomic E-state index is 7.00. The van der Waals surface area contributed by atoms with Crippen molar-refractivity contribution < 1.29 is 5.11 Å². The number of fused-ring (bicyclic) bond motifs is 7. The van der Waals surface area contributed by atoms with E-state index in [1.807, 2.05) is 24.3 Å². The predicted octanol–water partition coefficient (Wildman–Crippen LogP) is 12.1. The monoisotopic (exact) mass is 765 g/mol. The molecule has 1 N–H and O–H groups in total. The lowest BCUT2D eigenvalue weighted by Gasteiger charge is -2.32. The average Bonchev–Trinajstić information content (AvgIpc) is 3.83. The smallest absolute Gasteiger partial charge is 0.159 e. The van der Waals surface area contributed by atoms with E-state index in [0.717, 1.165) is 74.2 Å². The summed E-state index contributed by atoms with van der Waals surface area (Å²) in [7, 11) is 3.07. The summed E-state index contributed by atoms with van der Waals surface area (Å²) >= 11 is 0. The molecule has 0 fully saturated rings. The second-order valence-corrected chi connectivity index (χ2v) is 14.4. The zero-order valence-electron chi connectivity index (χ0n) is 33.1. The van der Waals surface area contributed by atoms with Gasteiger partial charge in [-0.05, 0) is 59.2 Å². The molecule has 6 heteroatoms. The third-order valence-electron chi connectivity index (χ3n) is 11.0. The van der Waals surface area contributed by atoms with E-state index in [1.165, 1.54) is 21.5 Å². The Bertz CT molecular complexity index is 3120. The van der Waals surface area contributed by atoms with Crippen LogP contribution in [-0.2, 0) is 0 Å². The summed E-state index contributed by atoms with van der Waals surface area (Å²) in [6, 6.07) is 60.1. The topological polar surface area (TPSA) is 58.0 Å². The van der Waals surface area contributed by atoms with Gasteiger partial charge in [0.15, 0.2) is 5.84 Å². The van der Waals surface area contributed by atoms with Crippen LogP contribution in [0, 0.1) is 0 Å². The fraction of sp³-hybridized carbons (Fsp3) is 0.0566. The molecule has 0 radical (unpaired) electrons. The van der Waals surface area contributed by atoms with Crippen molar-refractivity contribution in [1.82, 2.24) is 14.0 Å². The van der Waals surface area contributed by atoms with E-state index in [0.29, 0.717) is 5.84 Å². The molecule has 1 unspecified atom stereocenters. The van der Waals surface area contributed by atoms with Gasteiger partial charge in [0.05, 0.1) is 22.1 Å². The number of benzene rings is 7. The van der Waals surface area contributed by atoms with Crippen molar-refractivity contribution in [3.63, 3.8) is 0 Å². The molecule has 0 amide bonds. The van der Waals surface area contributed by atoms with Gasteiger partial charge in [-0.2, -0.15) is 0 Å². The maximum absolute atomic E-state index is 7.00. The van der Waals surface area contributed by atoms with Crippen molar-refractivity contribution in [3.8, 4) is 11.4 Å². The van der Waals surface area contributed by atoms with Gasteiger partial charge in [-0.3, -0.25) is 0 Å². The predicted molar refractivity (Wildman–Crippen MR) is 248 cm³/mol. The molecule has 0 saturated carbocycles. The van der Waals surface area contributed by atoms with Crippen molar-refractivity contribution in [3.05, 3.63) is 223 Å². The van der Waals surface area contributed by atoms with E-state index in [1.54, 1.807) is 6.08 Å². The molecular formula is C53H43N5O. The molecule has 9 aromatic rings. The minimum atomic E-state index is -0.278. The summed E-state index contributed by atoms with van der Waals surface area (Å²) in [4.78, 5) is 12.9. The first-order valence-corrected chi connectivity index (χ1v) is 19.7. The Morgan fingerprint density at radius 2 is 1.14 bits per heavy atom. The number of aliphatic hydroxyl groups excluding tert-OH is 1. The number of para-hydroxylation sites is 3. The third-order valence-corrected chi connectivity index (χ3v) is 11.0. The maximum Gasteiger partial charge on any atom is 0.159 e. The Labute approximate surface area is 344 Å². The van der Waals surface area contributed by atoms with Crippen molar-refractivity contribution in [2.45, 2.75) is 6.17 Å². The number of hydrogen-bond acceptors (Lipinski definition) is 4. The zero-order chi connectivity index (χ0) is 40.5. The molecule has 1 aliphatic rings. The largest absolute Gasteiger partial charge is 0.400 e. The van der Waals surface area contributed by atoms with E-state index < -0.39 is 0 Å². The molecule has 7 aromatic carbocycles. The van der Waals surface area contributed by atoms with Crippen molar-refractivity contribution in [2.24, 2.45) is 9.98 Å².